The van der Waals surface area contributed by atoms with E-state index in [4.69, 9.17) is 11.6 Å². The zero-order valence-corrected chi connectivity index (χ0v) is 22.6. The number of amides is 2. The molecule has 3 aromatic carbocycles. The molecular weight excluding hydrogens is 482 g/mol. The van der Waals surface area contributed by atoms with E-state index in [1.54, 1.807) is 0 Å². The van der Waals surface area contributed by atoms with E-state index in [1.807, 2.05) is 47.4 Å². The third-order valence-electron chi connectivity index (χ3n) is 7.42. The second kappa shape index (κ2) is 13.1. The van der Waals surface area contributed by atoms with Gasteiger partial charge in [-0.25, -0.2) is 0 Å². The maximum atomic E-state index is 13.6. The van der Waals surface area contributed by atoms with E-state index in [1.165, 1.54) is 5.56 Å². The highest BCUT2D eigenvalue weighted by atomic mass is 35.5. The molecule has 0 aliphatic carbocycles. The first-order chi connectivity index (χ1) is 18.0. The first kappa shape index (κ1) is 27.2. The Bertz CT molecular complexity index is 1200. The van der Waals surface area contributed by atoms with Gasteiger partial charge in [-0.2, -0.15) is 0 Å². The predicted molar refractivity (Wildman–Crippen MR) is 152 cm³/mol. The second-order valence-corrected chi connectivity index (χ2v) is 10.5. The van der Waals surface area contributed by atoms with Crippen LogP contribution in [0.4, 0.5) is 0 Å². The average Bonchev–Trinajstić information content (AvgIpc) is 3.07. The minimum atomic E-state index is -0.219. The number of nitrogens with zero attached hydrogens (tertiary/aromatic N) is 1. The Morgan fingerprint density at radius 2 is 1.84 bits per heavy atom. The number of carbonyl (C=O) groups is 2. The molecule has 2 N–H and O–H groups in total. The fourth-order valence-electron chi connectivity index (χ4n) is 5.18. The van der Waals surface area contributed by atoms with Crippen LogP contribution < -0.4 is 10.6 Å². The normalized spacial score (nSPS) is 19.0. The quantitative estimate of drug-likeness (QED) is 0.337. The van der Waals surface area contributed by atoms with Crippen molar-refractivity contribution < 1.29 is 9.59 Å². The Hall–Kier alpha value is -2.89. The van der Waals surface area contributed by atoms with Crippen molar-refractivity contribution in [2.75, 3.05) is 19.6 Å². The second-order valence-electron chi connectivity index (χ2n) is 10.1. The number of carbonyl (C=O) groups excluding carboxylic acids is 2. The number of halogens is 1. The molecule has 3 atom stereocenters. The minimum absolute atomic E-state index is 0.0378. The first-order valence-corrected chi connectivity index (χ1v) is 13.9. The maximum Gasteiger partial charge on any atom is 0.251 e. The zero-order chi connectivity index (χ0) is 26.2. The van der Waals surface area contributed by atoms with Gasteiger partial charge in [0.25, 0.3) is 5.91 Å². The van der Waals surface area contributed by atoms with Gasteiger partial charge in [-0.1, -0.05) is 80.8 Å². The minimum Gasteiger partial charge on any atom is -0.350 e. The molecule has 0 saturated carbocycles. The monoisotopic (exact) mass is 519 g/mol. The number of hydrogen-bond acceptors (Lipinski definition) is 3. The molecule has 2 amide bonds. The Morgan fingerprint density at radius 3 is 2.59 bits per heavy atom. The molecule has 0 spiro atoms. The standard InChI is InChI=1S/C31H38ClN3O2/c1-3-5-11-29-31(37)35(21-22(4-2)23-9-7-6-8-10-23)17-16-28(34-29)20-33-30(36)26-13-12-25-19-27(32)15-14-24(25)18-26/h6-10,12-15,18-19,22,28-29,34H,3-5,11,16-17,20-21H2,1-2H3,(H,33,36)/t22-,28-,29-/m1/s1. The lowest BCUT2D eigenvalue weighted by atomic mass is 9.95. The summed E-state index contributed by atoms with van der Waals surface area (Å²) in [7, 11) is 0. The van der Waals surface area contributed by atoms with Crippen LogP contribution in [-0.2, 0) is 4.79 Å². The van der Waals surface area contributed by atoms with Gasteiger partial charge in [0.05, 0.1) is 6.04 Å². The topological polar surface area (TPSA) is 61.4 Å². The number of hydrogen-bond donors (Lipinski definition) is 2. The van der Waals surface area contributed by atoms with E-state index in [0.29, 0.717) is 29.6 Å². The lowest BCUT2D eigenvalue weighted by Gasteiger charge is -2.28. The lowest BCUT2D eigenvalue weighted by Crippen LogP contribution is -2.49. The van der Waals surface area contributed by atoms with Crippen LogP contribution in [0.5, 0.6) is 0 Å². The van der Waals surface area contributed by atoms with Gasteiger partial charge in [-0.3, -0.25) is 9.59 Å². The molecular formula is C31H38ClN3O2. The van der Waals surface area contributed by atoms with Gasteiger partial charge < -0.3 is 15.5 Å². The molecule has 37 heavy (non-hydrogen) atoms. The summed E-state index contributed by atoms with van der Waals surface area (Å²) in [4.78, 5) is 28.6. The van der Waals surface area contributed by atoms with Crippen molar-refractivity contribution in [1.29, 1.82) is 0 Å². The molecule has 196 valence electrons. The van der Waals surface area contributed by atoms with E-state index < -0.39 is 0 Å². The van der Waals surface area contributed by atoms with Crippen LogP contribution in [0.25, 0.3) is 10.8 Å². The van der Waals surface area contributed by atoms with Crippen molar-refractivity contribution >= 4 is 34.2 Å². The van der Waals surface area contributed by atoms with Crippen molar-refractivity contribution in [3.63, 3.8) is 0 Å². The molecule has 1 saturated heterocycles. The number of benzene rings is 3. The molecule has 0 bridgehead atoms. The molecule has 4 rings (SSSR count). The van der Waals surface area contributed by atoms with Crippen molar-refractivity contribution in [3.05, 3.63) is 82.9 Å². The number of rotatable bonds is 10. The van der Waals surface area contributed by atoms with Crippen LogP contribution in [0.2, 0.25) is 5.02 Å². The van der Waals surface area contributed by atoms with Gasteiger partial charge in [0.2, 0.25) is 5.91 Å². The molecule has 5 nitrogen and oxygen atoms in total. The van der Waals surface area contributed by atoms with E-state index in [0.717, 1.165) is 49.4 Å². The molecule has 0 unspecified atom stereocenters. The van der Waals surface area contributed by atoms with Crippen LogP contribution in [0, 0.1) is 0 Å². The largest absolute Gasteiger partial charge is 0.350 e. The third-order valence-corrected chi connectivity index (χ3v) is 7.65. The Labute approximate surface area is 225 Å². The summed E-state index contributed by atoms with van der Waals surface area (Å²) in [5.41, 5.74) is 1.90. The highest BCUT2D eigenvalue weighted by Crippen LogP contribution is 2.23. The van der Waals surface area contributed by atoms with Gasteiger partial charge in [0.1, 0.15) is 0 Å². The molecule has 0 aromatic heterocycles. The highest BCUT2D eigenvalue weighted by molar-refractivity contribution is 6.31. The summed E-state index contributed by atoms with van der Waals surface area (Å²) < 4.78 is 0. The van der Waals surface area contributed by atoms with E-state index in [-0.39, 0.29) is 23.9 Å². The highest BCUT2D eigenvalue weighted by Gasteiger charge is 2.31. The lowest BCUT2D eigenvalue weighted by molar-refractivity contribution is -0.133. The van der Waals surface area contributed by atoms with Crippen molar-refractivity contribution in [2.45, 2.75) is 64.0 Å². The average molecular weight is 520 g/mol. The molecule has 3 aromatic rings. The van der Waals surface area contributed by atoms with Crippen LogP contribution in [-0.4, -0.2) is 48.4 Å². The van der Waals surface area contributed by atoms with Crippen molar-refractivity contribution in [3.8, 4) is 0 Å². The van der Waals surface area contributed by atoms with Crippen molar-refractivity contribution in [1.82, 2.24) is 15.5 Å². The molecule has 0 radical (unpaired) electrons. The van der Waals surface area contributed by atoms with Crippen LogP contribution in [0.3, 0.4) is 0 Å². The van der Waals surface area contributed by atoms with Gasteiger partial charge in [-0.05, 0) is 59.9 Å². The summed E-state index contributed by atoms with van der Waals surface area (Å²) >= 11 is 6.09. The first-order valence-electron chi connectivity index (χ1n) is 13.6. The van der Waals surface area contributed by atoms with Gasteiger partial charge in [0, 0.05) is 42.2 Å². The fourth-order valence-corrected chi connectivity index (χ4v) is 5.36. The predicted octanol–water partition coefficient (Wildman–Crippen LogP) is 6.17. The number of unbranched alkanes of at least 4 members (excludes halogenated alkanes) is 1. The number of fused-ring (bicyclic) bond motifs is 1. The third kappa shape index (κ3) is 7.12. The Morgan fingerprint density at radius 1 is 1.08 bits per heavy atom. The Kier molecular flexibility index (Phi) is 9.59. The van der Waals surface area contributed by atoms with E-state index in [2.05, 4.69) is 48.7 Å². The molecule has 1 fully saturated rings. The van der Waals surface area contributed by atoms with Gasteiger partial charge in [0.15, 0.2) is 0 Å². The fraction of sp³-hybridized carbons (Fsp3) is 0.419. The van der Waals surface area contributed by atoms with E-state index in [9.17, 15) is 9.59 Å². The SMILES string of the molecule is CCCC[C@H]1N[C@@H](CNC(=O)c2ccc3cc(Cl)ccc3c2)CCN(C[C@@H](CC)c2ccccc2)C1=O. The van der Waals surface area contributed by atoms with Crippen molar-refractivity contribution in [2.24, 2.45) is 0 Å². The summed E-state index contributed by atoms with van der Waals surface area (Å²) in [5.74, 6) is 0.396. The Balaban J connectivity index is 1.42. The number of nitrogens with one attached hydrogen (secondary N) is 2. The van der Waals surface area contributed by atoms with Gasteiger partial charge in [-0.15, -0.1) is 0 Å². The summed E-state index contributed by atoms with van der Waals surface area (Å²) in [6.45, 7) is 6.24. The summed E-state index contributed by atoms with van der Waals surface area (Å²) in [6, 6.07) is 21.6. The smallest absolute Gasteiger partial charge is 0.251 e. The molecule has 6 heteroatoms. The summed E-state index contributed by atoms with van der Waals surface area (Å²) in [6.07, 6.45) is 4.63. The molecule has 1 heterocycles. The van der Waals surface area contributed by atoms with Crippen LogP contribution >= 0.6 is 11.6 Å². The van der Waals surface area contributed by atoms with Gasteiger partial charge >= 0.3 is 0 Å². The maximum absolute atomic E-state index is 13.6. The summed E-state index contributed by atoms with van der Waals surface area (Å²) in [5, 5.41) is 9.35. The van der Waals surface area contributed by atoms with E-state index >= 15 is 0 Å². The zero-order valence-electron chi connectivity index (χ0n) is 21.9. The van der Waals surface area contributed by atoms with Crippen LogP contribution in [0.1, 0.15) is 67.8 Å². The molecule has 1 aliphatic heterocycles. The molecule has 1 aliphatic rings. The van der Waals surface area contributed by atoms with Crippen LogP contribution in [0.15, 0.2) is 66.7 Å².